The maximum atomic E-state index is 11.8. The lowest BCUT2D eigenvalue weighted by atomic mass is 10.3. The van der Waals surface area contributed by atoms with Crippen LogP contribution in [0.4, 0.5) is 5.69 Å². The van der Waals surface area contributed by atoms with E-state index < -0.39 is 0 Å². The van der Waals surface area contributed by atoms with Crippen LogP contribution >= 0.6 is 45.8 Å². The van der Waals surface area contributed by atoms with E-state index in [0.717, 1.165) is 9.26 Å². The molecule has 2 aromatic rings. The van der Waals surface area contributed by atoms with Gasteiger partial charge in [0.05, 0.1) is 5.02 Å². The quantitative estimate of drug-likeness (QED) is 0.754. The highest BCUT2D eigenvalue weighted by molar-refractivity contribution is 14.1. The van der Waals surface area contributed by atoms with Crippen molar-refractivity contribution < 1.29 is 4.79 Å². The second-order valence-electron chi connectivity index (χ2n) is 3.31. The minimum atomic E-state index is -0.277. The number of halogens is 3. The van der Waals surface area contributed by atoms with Crippen LogP contribution in [0.5, 0.6) is 0 Å². The fourth-order valence-electron chi connectivity index (χ4n) is 1.29. The third kappa shape index (κ3) is 3.14. The standard InChI is InChI=1S/C11H7Cl2IN2O/c12-8-5-9(16-10(8)13)11(17)15-7-3-1-2-6(14)4-7/h1-5,16H,(H,15,17). The minimum absolute atomic E-state index is 0.263. The number of rotatable bonds is 2. The maximum Gasteiger partial charge on any atom is 0.272 e. The Morgan fingerprint density at radius 1 is 1.29 bits per heavy atom. The highest BCUT2D eigenvalue weighted by Gasteiger charge is 2.11. The van der Waals surface area contributed by atoms with Gasteiger partial charge in [-0.25, -0.2) is 0 Å². The summed E-state index contributed by atoms with van der Waals surface area (Å²) in [4.78, 5) is 14.5. The first-order valence-electron chi connectivity index (χ1n) is 4.67. The van der Waals surface area contributed by atoms with E-state index in [1.807, 2.05) is 24.3 Å². The van der Waals surface area contributed by atoms with Crippen LogP contribution in [0.25, 0.3) is 0 Å². The number of H-pyrrole nitrogens is 1. The Balaban J connectivity index is 2.17. The van der Waals surface area contributed by atoms with Crippen molar-refractivity contribution in [2.75, 3.05) is 5.32 Å². The smallest absolute Gasteiger partial charge is 0.272 e. The summed E-state index contributed by atoms with van der Waals surface area (Å²) in [6, 6.07) is 8.98. The van der Waals surface area contributed by atoms with Gasteiger partial charge in [-0.05, 0) is 46.9 Å². The van der Waals surface area contributed by atoms with Crippen molar-refractivity contribution in [2.45, 2.75) is 0 Å². The van der Waals surface area contributed by atoms with Crippen molar-refractivity contribution >= 4 is 57.4 Å². The van der Waals surface area contributed by atoms with E-state index in [1.165, 1.54) is 6.07 Å². The lowest BCUT2D eigenvalue weighted by molar-refractivity contribution is 0.102. The highest BCUT2D eigenvalue weighted by Crippen LogP contribution is 2.22. The van der Waals surface area contributed by atoms with Crippen molar-refractivity contribution in [3.8, 4) is 0 Å². The lowest BCUT2D eigenvalue weighted by Gasteiger charge is -2.03. The number of amides is 1. The predicted octanol–water partition coefficient (Wildman–Crippen LogP) is 4.18. The number of aromatic amines is 1. The van der Waals surface area contributed by atoms with Crippen molar-refractivity contribution in [3.63, 3.8) is 0 Å². The number of hydrogen-bond donors (Lipinski definition) is 2. The third-order valence-electron chi connectivity index (χ3n) is 2.05. The predicted molar refractivity (Wildman–Crippen MR) is 77.9 cm³/mol. The molecule has 1 amide bonds. The van der Waals surface area contributed by atoms with Gasteiger partial charge in [0.15, 0.2) is 0 Å². The normalized spacial score (nSPS) is 10.3. The molecule has 1 aromatic heterocycles. The van der Waals surface area contributed by atoms with E-state index in [9.17, 15) is 4.79 Å². The number of nitrogens with one attached hydrogen (secondary N) is 2. The fourth-order valence-corrected chi connectivity index (χ4v) is 2.15. The molecule has 1 heterocycles. The van der Waals surface area contributed by atoms with Crippen molar-refractivity contribution in [2.24, 2.45) is 0 Å². The molecule has 0 saturated heterocycles. The summed E-state index contributed by atoms with van der Waals surface area (Å²) < 4.78 is 1.04. The molecule has 2 rings (SSSR count). The first-order valence-corrected chi connectivity index (χ1v) is 6.50. The van der Waals surface area contributed by atoms with Crippen LogP contribution in [0.2, 0.25) is 10.2 Å². The fraction of sp³-hybridized carbons (Fsp3) is 0. The number of benzene rings is 1. The molecule has 0 aliphatic rings. The van der Waals surface area contributed by atoms with Gasteiger partial charge in [-0.3, -0.25) is 4.79 Å². The SMILES string of the molecule is O=C(Nc1cccc(I)c1)c1cc(Cl)c(Cl)[nH]1. The molecule has 0 spiro atoms. The molecule has 0 saturated carbocycles. The second kappa shape index (κ2) is 5.29. The molecule has 0 unspecified atom stereocenters. The molecule has 1 aromatic carbocycles. The van der Waals surface area contributed by atoms with Crippen LogP contribution in [-0.4, -0.2) is 10.9 Å². The number of aromatic nitrogens is 1. The average molecular weight is 381 g/mol. The van der Waals surface area contributed by atoms with Crippen LogP contribution in [-0.2, 0) is 0 Å². The van der Waals surface area contributed by atoms with E-state index in [1.54, 1.807) is 0 Å². The van der Waals surface area contributed by atoms with Gasteiger partial charge in [0.1, 0.15) is 10.8 Å². The molecule has 88 valence electrons. The van der Waals surface area contributed by atoms with E-state index in [-0.39, 0.29) is 11.1 Å². The molecule has 2 N–H and O–H groups in total. The van der Waals surface area contributed by atoms with Gasteiger partial charge < -0.3 is 10.3 Å². The van der Waals surface area contributed by atoms with E-state index in [0.29, 0.717) is 10.7 Å². The summed E-state index contributed by atoms with van der Waals surface area (Å²) in [5, 5.41) is 3.34. The van der Waals surface area contributed by atoms with Gasteiger partial charge >= 0.3 is 0 Å². The van der Waals surface area contributed by atoms with Crippen LogP contribution in [0, 0.1) is 3.57 Å². The number of carbonyl (C=O) groups is 1. The van der Waals surface area contributed by atoms with Crippen molar-refractivity contribution in [3.05, 3.63) is 49.8 Å². The third-order valence-corrected chi connectivity index (χ3v) is 3.42. The Kier molecular flexibility index (Phi) is 3.96. The molecular formula is C11H7Cl2IN2O. The number of anilines is 1. The summed E-state index contributed by atoms with van der Waals surface area (Å²) in [5.41, 5.74) is 1.06. The monoisotopic (exact) mass is 380 g/mol. The van der Waals surface area contributed by atoms with Gasteiger partial charge in [-0.1, -0.05) is 29.3 Å². The number of carbonyl (C=O) groups excluding carboxylic acids is 1. The molecule has 0 atom stereocenters. The molecular weight excluding hydrogens is 374 g/mol. The molecule has 0 fully saturated rings. The zero-order valence-electron chi connectivity index (χ0n) is 8.43. The maximum absolute atomic E-state index is 11.8. The minimum Gasteiger partial charge on any atom is -0.340 e. The average Bonchev–Trinajstić information content (AvgIpc) is 2.59. The molecule has 0 aliphatic carbocycles. The Morgan fingerprint density at radius 3 is 2.65 bits per heavy atom. The second-order valence-corrected chi connectivity index (χ2v) is 5.34. The van der Waals surface area contributed by atoms with E-state index in [2.05, 4.69) is 32.9 Å². The summed E-state index contributed by atoms with van der Waals surface area (Å²) in [6.45, 7) is 0. The van der Waals surface area contributed by atoms with Crippen molar-refractivity contribution in [1.82, 2.24) is 4.98 Å². The largest absolute Gasteiger partial charge is 0.340 e. The molecule has 3 nitrogen and oxygen atoms in total. The summed E-state index contributed by atoms with van der Waals surface area (Å²) in [6.07, 6.45) is 0. The van der Waals surface area contributed by atoms with Crippen LogP contribution < -0.4 is 5.32 Å². The molecule has 0 aliphatic heterocycles. The highest BCUT2D eigenvalue weighted by atomic mass is 127. The Hall–Kier alpha value is -0.720. The van der Waals surface area contributed by atoms with E-state index in [4.69, 9.17) is 23.2 Å². The Bertz CT molecular complexity index is 549. The molecule has 0 bridgehead atoms. The van der Waals surface area contributed by atoms with Crippen LogP contribution in [0.3, 0.4) is 0 Å². The van der Waals surface area contributed by atoms with Crippen LogP contribution in [0.1, 0.15) is 10.5 Å². The van der Waals surface area contributed by atoms with Crippen molar-refractivity contribution in [1.29, 1.82) is 0 Å². The topological polar surface area (TPSA) is 44.9 Å². The van der Waals surface area contributed by atoms with E-state index >= 15 is 0 Å². The summed E-state index contributed by atoms with van der Waals surface area (Å²) in [7, 11) is 0. The number of hydrogen-bond acceptors (Lipinski definition) is 1. The Labute approximate surface area is 122 Å². The lowest BCUT2D eigenvalue weighted by Crippen LogP contribution is -2.12. The van der Waals surface area contributed by atoms with Gasteiger partial charge in [0, 0.05) is 9.26 Å². The van der Waals surface area contributed by atoms with Gasteiger partial charge in [0.25, 0.3) is 5.91 Å². The molecule has 0 radical (unpaired) electrons. The van der Waals surface area contributed by atoms with Gasteiger partial charge in [-0.2, -0.15) is 0 Å². The summed E-state index contributed by atoms with van der Waals surface area (Å²) in [5.74, 6) is -0.277. The Morgan fingerprint density at radius 2 is 2.06 bits per heavy atom. The summed E-state index contributed by atoms with van der Waals surface area (Å²) >= 11 is 13.7. The molecule has 6 heteroatoms. The zero-order chi connectivity index (χ0) is 12.4. The first-order chi connectivity index (χ1) is 8.06. The first kappa shape index (κ1) is 12.7. The zero-order valence-corrected chi connectivity index (χ0v) is 12.1. The molecule has 17 heavy (non-hydrogen) atoms. The van der Waals surface area contributed by atoms with Gasteiger partial charge in [-0.15, -0.1) is 0 Å². The van der Waals surface area contributed by atoms with Crippen LogP contribution in [0.15, 0.2) is 30.3 Å². The van der Waals surface area contributed by atoms with Gasteiger partial charge in [0.2, 0.25) is 0 Å².